The van der Waals surface area contributed by atoms with Gasteiger partial charge in [-0.25, -0.2) is 4.79 Å². The fraction of sp³-hybridized carbons (Fsp3) is 0.619. The highest BCUT2D eigenvalue weighted by Crippen LogP contribution is 2.18. The molecule has 144 valence electrons. The molecule has 0 aromatic heterocycles. The number of nitrogens with one attached hydrogen (secondary N) is 3. The molecule has 5 heteroatoms. The van der Waals surface area contributed by atoms with Crippen LogP contribution in [0.2, 0.25) is 0 Å². The van der Waals surface area contributed by atoms with Crippen LogP contribution in [0.4, 0.5) is 4.79 Å². The van der Waals surface area contributed by atoms with E-state index in [-0.39, 0.29) is 11.9 Å². The van der Waals surface area contributed by atoms with Crippen molar-refractivity contribution in [2.75, 3.05) is 13.1 Å². The van der Waals surface area contributed by atoms with Gasteiger partial charge in [0.2, 0.25) is 5.91 Å². The van der Waals surface area contributed by atoms with E-state index in [1.807, 2.05) is 18.2 Å². The second-order valence-corrected chi connectivity index (χ2v) is 7.16. The van der Waals surface area contributed by atoms with Crippen molar-refractivity contribution in [3.63, 3.8) is 0 Å². The highest BCUT2D eigenvalue weighted by molar-refractivity contribution is 5.76. The van der Waals surface area contributed by atoms with E-state index >= 15 is 0 Å². The molecule has 0 bridgehead atoms. The van der Waals surface area contributed by atoms with Crippen molar-refractivity contribution in [2.24, 2.45) is 0 Å². The van der Waals surface area contributed by atoms with E-state index < -0.39 is 0 Å². The Balaban J connectivity index is 1.56. The van der Waals surface area contributed by atoms with Gasteiger partial charge in [-0.1, -0.05) is 56.5 Å². The quantitative estimate of drug-likeness (QED) is 0.588. The molecule has 5 nitrogen and oxygen atoms in total. The zero-order valence-electron chi connectivity index (χ0n) is 15.9. The van der Waals surface area contributed by atoms with Gasteiger partial charge in [0.05, 0.1) is 0 Å². The molecule has 1 saturated carbocycles. The molecule has 26 heavy (non-hydrogen) atoms. The number of hydrogen-bond donors (Lipinski definition) is 3. The van der Waals surface area contributed by atoms with E-state index in [1.165, 1.54) is 24.8 Å². The topological polar surface area (TPSA) is 70.2 Å². The van der Waals surface area contributed by atoms with Crippen molar-refractivity contribution in [2.45, 2.75) is 70.3 Å². The van der Waals surface area contributed by atoms with E-state index in [1.54, 1.807) is 0 Å². The van der Waals surface area contributed by atoms with E-state index in [9.17, 15) is 9.59 Å². The molecule has 1 aliphatic carbocycles. The first-order valence-corrected chi connectivity index (χ1v) is 10.0. The summed E-state index contributed by atoms with van der Waals surface area (Å²) in [5, 5.41) is 8.90. The van der Waals surface area contributed by atoms with Gasteiger partial charge in [-0.2, -0.15) is 0 Å². The molecule has 1 fully saturated rings. The van der Waals surface area contributed by atoms with Crippen molar-refractivity contribution in [1.29, 1.82) is 0 Å². The van der Waals surface area contributed by atoms with Gasteiger partial charge >= 0.3 is 6.03 Å². The van der Waals surface area contributed by atoms with Gasteiger partial charge in [0.1, 0.15) is 0 Å². The van der Waals surface area contributed by atoms with E-state index in [4.69, 9.17) is 0 Å². The molecule has 2 rings (SSSR count). The third-order valence-electron chi connectivity index (χ3n) is 5.12. The maximum atomic E-state index is 12.0. The lowest BCUT2D eigenvalue weighted by atomic mass is 9.96. The van der Waals surface area contributed by atoms with Crippen molar-refractivity contribution in [1.82, 2.24) is 16.0 Å². The van der Waals surface area contributed by atoms with Gasteiger partial charge in [0.15, 0.2) is 0 Å². The van der Waals surface area contributed by atoms with Crippen LogP contribution in [0.5, 0.6) is 0 Å². The van der Waals surface area contributed by atoms with Crippen molar-refractivity contribution < 1.29 is 9.59 Å². The smallest absolute Gasteiger partial charge is 0.315 e. The van der Waals surface area contributed by atoms with Crippen LogP contribution in [0.1, 0.15) is 69.8 Å². The summed E-state index contributed by atoms with van der Waals surface area (Å²) in [5.74, 6) is 0.397. The number of amides is 3. The van der Waals surface area contributed by atoms with Crippen LogP contribution in [0, 0.1) is 0 Å². The van der Waals surface area contributed by atoms with Crippen LogP contribution in [-0.2, 0) is 4.79 Å². The SMILES string of the molecule is CCC(CNC(=O)CCCNC(=O)NC1CCCCC1)c1ccccc1. The summed E-state index contributed by atoms with van der Waals surface area (Å²) in [7, 11) is 0. The molecule has 1 atom stereocenters. The Bertz CT molecular complexity index is 541. The van der Waals surface area contributed by atoms with Gasteiger partial charge in [-0.3, -0.25) is 4.79 Å². The molecule has 3 N–H and O–H groups in total. The van der Waals surface area contributed by atoms with Crippen molar-refractivity contribution in [3.05, 3.63) is 35.9 Å². The van der Waals surface area contributed by atoms with Gasteiger partial charge in [-0.15, -0.1) is 0 Å². The summed E-state index contributed by atoms with van der Waals surface area (Å²) in [4.78, 5) is 23.9. The summed E-state index contributed by atoms with van der Waals surface area (Å²) < 4.78 is 0. The van der Waals surface area contributed by atoms with Crippen LogP contribution < -0.4 is 16.0 Å². The largest absolute Gasteiger partial charge is 0.355 e. The van der Waals surface area contributed by atoms with E-state index in [0.717, 1.165) is 19.3 Å². The molecule has 1 aliphatic rings. The number of rotatable bonds is 9. The fourth-order valence-electron chi connectivity index (χ4n) is 3.48. The summed E-state index contributed by atoms with van der Waals surface area (Å²) in [6, 6.07) is 10.5. The molecule has 1 aromatic carbocycles. The minimum atomic E-state index is -0.104. The van der Waals surface area contributed by atoms with Crippen molar-refractivity contribution >= 4 is 11.9 Å². The molecular weight excluding hydrogens is 326 g/mol. The molecule has 0 heterocycles. The first kappa shape index (κ1) is 20.3. The molecule has 3 amide bonds. The normalized spacial score (nSPS) is 15.9. The Morgan fingerprint density at radius 1 is 1.08 bits per heavy atom. The van der Waals surface area contributed by atoms with E-state index in [0.29, 0.717) is 37.9 Å². The predicted octanol–water partition coefficient (Wildman–Crippen LogP) is 3.71. The zero-order chi connectivity index (χ0) is 18.6. The lowest BCUT2D eigenvalue weighted by molar-refractivity contribution is -0.121. The molecule has 1 aromatic rings. The van der Waals surface area contributed by atoms with E-state index in [2.05, 4.69) is 35.0 Å². The molecule has 1 unspecified atom stereocenters. The Labute approximate surface area is 157 Å². The fourth-order valence-corrected chi connectivity index (χ4v) is 3.48. The second-order valence-electron chi connectivity index (χ2n) is 7.16. The maximum Gasteiger partial charge on any atom is 0.315 e. The minimum Gasteiger partial charge on any atom is -0.355 e. The Kier molecular flexibility index (Phi) is 9.01. The highest BCUT2D eigenvalue weighted by atomic mass is 16.2. The summed E-state index contributed by atoms with van der Waals surface area (Å²) in [6.07, 6.45) is 7.93. The number of urea groups is 1. The van der Waals surface area contributed by atoms with Gasteiger partial charge < -0.3 is 16.0 Å². The summed E-state index contributed by atoms with van der Waals surface area (Å²) >= 11 is 0. The second kappa shape index (κ2) is 11.6. The zero-order valence-corrected chi connectivity index (χ0v) is 15.9. The van der Waals surface area contributed by atoms with Gasteiger partial charge in [0, 0.05) is 31.5 Å². The van der Waals surface area contributed by atoms with Crippen LogP contribution in [0.15, 0.2) is 30.3 Å². The Morgan fingerprint density at radius 2 is 1.81 bits per heavy atom. The molecular formula is C21H33N3O2. The van der Waals surface area contributed by atoms with Crippen LogP contribution >= 0.6 is 0 Å². The number of carbonyl (C=O) groups excluding carboxylic acids is 2. The van der Waals surface area contributed by atoms with Crippen LogP contribution in [0.25, 0.3) is 0 Å². The van der Waals surface area contributed by atoms with Gasteiger partial charge in [-0.05, 0) is 31.2 Å². The predicted molar refractivity (Wildman–Crippen MR) is 105 cm³/mol. The molecule has 0 spiro atoms. The first-order valence-electron chi connectivity index (χ1n) is 10.0. The summed E-state index contributed by atoms with van der Waals surface area (Å²) in [6.45, 7) is 3.33. The third kappa shape index (κ3) is 7.46. The molecule has 0 radical (unpaired) electrons. The number of hydrogen-bond acceptors (Lipinski definition) is 2. The average Bonchev–Trinajstić information content (AvgIpc) is 2.67. The minimum absolute atomic E-state index is 0.0499. The van der Waals surface area contributed by atoms with Crippen LogP contribution in [-0.4, -0.2) is 31.1 Å². The summed E-state index contributed by atoms with van der Waals surface area (Å²) in [5.41, 5.74) is 1.26. The Hall–Kier alpha value is -2.04. The highest BCUT2D eigenvalue weighted by Gasteiger charge is 2.15. The maximum absolute atomic E-state index is 12.0. The van der Waals surface area contributed by atoms with Crippen molar-refractivity contribution in [3.8, 4) is 0 Å². The molecule has 0 aliphatic heterocycles. The lowest BCUT2D eigenvalue weighted by Crippen LogP contribution is -2.43. The monoisotopic (exact) mass is 359 g/mol. The van der Waals surface area contributed by atoms with Crippen LogP contribution in [0.3, 0.4) is 0 Å². The lowest BCUT2D eigenvalue weighted by Gasteiger charge is -2.22. The van der Waals surface area contributed by atoms with Gasteiger partial charge in [0.25, 0.3) is 0 Å². The number of carbonyl (C=O) groups is 2. The first-order chi connectivity index (χ1) is 12.7. The average molecular weight is 360 g/mol. The third-order valence-corrected chi connectivity index (χ3v) is 5.12. The number of benzene rings is 1. The Morgan fingerprint density at radius 3 is 2.50 bits per heavy atom. The standard InChI is InChI=1S/C21H33N3O2/c1-2-17(18-10-5-3-6-11-18)16-23-20(25)14-9-15-22-21(26)24-19-12-7-4-8-13-19/h3,5-6,10-11,17,19H,2,4,7-9,12-16H2,1H3,(H,23,25)(H2,22,24,26). The molecule has 0 saturated heterocycles.